The van der Waals surface area contributed by atoms with E-state index < -0.39 is 0 Å². The number of hydrogen-bond donors (Lipinski definition) is 1. The molecule has 0 atom stereocenters. The predicted octanol–water partition coefficient (Wildman–Crippen LogP) is 2.40. The maximum absolute atomic E-state index is 13.3. The number of rotatable bonds is 6. The lowest BCUT2D eigenvalue weighted by molar-refractivity contribution is 0.0371. The first kappa shape index (κ1) is 17.8. The Morgan fingerprint density at radius 1 is 1.30 bits per heavy atom. The second kappa shape index (κ2) is 7.58. The number of fused-ring (bicyclic) bond motifs is 1. The van der Waals surface area contributed by atoms with Crippen molar-refractivity contribution in [2.24, 2.45) is 7.05 Å². The summed E-state index contributed by atoms with van der Waals surface area (Å²) in [4.78, 5) is 22.0. The molecule has 0 bridgehead atoms. The molecule has 1 N–H and O–H groups in total. The number of H-pyrrole nitrogens is 1. The van der Waals surface area contributed by atoms with Crippen LogP contribution in [0.3, 0.4) is 0 Å². The highest BCUT2D eigenvalue weighted by molar-refractivity contribution is 5.95. The number of hydrogen-bond acceptors (Lipinski definition) is 5. The number of aromatic nitrogens is 4. The van der Waals surface area contributed by atoms with Gasteiger partial charge in [0.25, 0.3) is 0 Å². The van der Waals surface area contributed by atoms with Gasteiger partial charge in [0.05, 0.1) is 30.8 Å². The van der Waals surface area contributed by atoms with E-state index in [0.717, 1.165) is 50.7 Å². The van der Waals surface area contributed by atoms with E-state index in [9.17, 15) is 9.18 Å². The second-order valence-corrected chi connectivity index (χ2v) is 6.79. The third-order valence-electron chi connectivity index (χ3n) is 4.86. The summed E-state index contributed by atoms with van der Waals surface area (Å²) in [5, 5.41) is 5.04. The average molecular weight is 371 g/mol. The average Bonchev–Trinajstić information content (AvgIpc) is 3.25. The van der Waals surface area contributed by atoms with Gasteiger partial charge in [0.1, 0.15) is 17.2 Å². The van der Waals surface area contributed by atoms with E-state index in [-0.39, 0.29) is 11.6 Å². The zero-order valence-electron chi connectivity index (χ0n) is 15.2. The molecule has 3 aromatic rings. The molecular formula is C19H22FN5O2. The van der Waals surface area contributed by atoms with Crippen LogP contribution in [0.15, 0.2) is 24.4 Å². The largest absolute Gasteiger partial charge is 0.379 e. The Labute approximate surface area is 156 Å². The Hall–Kier alpha value is -2.58. The first-order chi connectivity index (χ1) is 13.1. The molecule has 4 heterocycles. The fourth-order valence-electron chi connectivity index (χ4n) is 3.40. The molecule has 7 nitrogen and oxygen atoms in total. The molecule has 0 unspecified atom stereocenters. The summed E-state index contributed by atoms with van der Waals surface area (Å²) >= 11 is 0. The molecule has 0 amide bonds. The molecule has 1 saturated heterocycles. The Bertz CT molecular complexity index is 958. The predicted molar refractivity (Wildman–Crippen MR) is 99.1 cm³/mol. The van der Waals surface area contributed by atoms with Gasteiger partial charge >= 0.3 is 0 Å². The molecule has 3 aromatic heterocycles. The lowest BCUT2D eigenvalue weighted by Gasteiger charge is -2.26. The Balaban J connectivity index is 1.44. The van der Waals surface area contributed by atoms with Gasteiger partial charge in [-0.2, -0.15) is 5.10 Å². The number of ether oxygens (including phenoxy) is 1. The van der Waals surface area contributed by atoms with E-state index in [1.54, 1.807) is 17.8 Å². The van der Waals surface area contributed by atoms with E-state index in [0.29, 0.717) is 23.1 Å². The van der Waals surface area contributed by atoms with E-state index in [1.807, 2.05) is 6.07 Å². The molecule has 4 rings (SSSR count). The van der Waals surface area contributed by atoms with Crippen LogP contribution in [0.25, 0.3) is 22.4 Å². The fraction of sp³-hybridized carbons (Fsp3) is 0.421. The summed E-state index contributed by atoms with van der Waals surface area (Å²) in [5.74, 6) is -0.348. The van der Waals surface area contributed by atoms with Crippen molar-refractivity contribution in [2.45, 2.75) is 12.8 Å². The molecule has 27 heavy (non-hydrogen) atoms. The molecule has 0 saturated carbocycles. The van der Waals surface area contributed by atoms with Crippen LogP contribution in [-0.2, 0) is 11.8 Å². The van der Waals surface area contributed by atoms with E-state index in [4.69, 9.17) is 4.74 Å². The van der Waals surface area contributed by atoms with Gasteiger partial charge in [0, 0.05) is 31.9 Å². The SMILES string of the molecule is Cn1nc(C(=O)CCCN2CCOCC2)cc1-c1cc2cc(F)cnc2[nH]1. The van der Waals surface area contributed by atoms with Gasteiger partial charge in [-0.3, -0.25) is 14.4 Å². The minimum absolute atomic E-state index is 0.0328. The third kappa shape index (κ3) is 3.91. The maximum atomic E-state index is 13.3. The summed E-state index contributed by atoms with van der Waals surface area (Å²) < 4.78 is 20.3. The second-order valence-electron chi connectivity index (χ2n) is 6.79. The number of carbonyl (C=O) groups is 1. The van der Waals surface area contributed by atoms with Gasteiger partial charge < -0.3 is 9.72 Å². The van der Waals surface area contributed by atoms with Crippen molar-refractivity contribution < 1.29 is 13.9 Å². The number of aromatic amines is 1. The minimum atomic E-state index is -0.380. The third-order valence-corrected chi connectivity index (χ3v) is 4.86. The number of ketones is 1. The number of aryl methyl sites for hydroxylation is 1. The lowest BCUT2D eigenvalue weighted by Crippen LogP contribution is -2.36. The van der Waals surface area contributed by atoms with Crippen LogP contribution in [0, 0.1) is 5.82 Å². The number of nitrogens with zero attached hydrogens (tertiary/aromatic N) is 4. The molecule has 0 spiro atoms. The van der Waals surface area contributed by atoms with Gasteiger partial charge in [-0.25, -0.2) is 9.37 Å². The monoisotopic (exact) mass is 371 g/mol. The van der Waals surface area contributed by atoms with Crippen molar-refractivity contribution >= 4 is 16.8 Å². The molecule has 0 aromatic carbocycles. The summed E-state index contributed by atoms with van der Waals surface area (Å²) in [6.45, 7) is 4.28. The van der Waals surface area contributed by atoms with Gasteiger partial charge in [0.15, 0.2) is 5.78 Å². The smallest absolute Gasteiger partial charge is 0.183 e. The number of carbonyl (C=O) groups excluding carboxylic acids is 1. The van der Waals surface area contributed by atoms with E-state index >= 15 is 0 Å². The number of Topliss-reactive ketones (excluding diaryl/α,β-unsaturated/α-hetero) is 1. The van der Waals surface area contributed by atoms with E-state index in [2.05, 4.69) is 20.0 Å². The van der Waals surface area contributed by atoms with Gasteiger partial charge in [-0.1, -0.05) is 0 Å². The summed E-state index contributed by atoms with van der Waals surface area (Å²) in [6, 6.07) is 5.02. The maximum Gasteiger partial charge on any atom is 0.183 e. The van der Waals surface area contributed by atoms with Crippen molar-refractivity contribution in [2.75, 3.05) is 32.8 Å². The van der Waals surface area contributed by atoms with Crippen molar-refractivity contribution in [3.05, 3.63) is 35.9 Å². The number of morpholine rings is 1. The van der Waals surface area contributed by atoms with Crippen molar-refractivity contribution in [3.8, 4) is 11.4 Å². The van der Waals surface area contributed by atoms with Gasteiger partial charge in [-0.05, 0) is 31.2 Å². The quantitative estimate of drug-likeness (QED) is 0.674. The summed E-state index contributed by atoms with van der Waals surface area (Å²) in [7, 11) is 1.79. The number of nitrogens with one attached hydrogen (secondary N) is 1. The van der Waals surface area contributed by atoms with Crippen molar-refractivity contribution in [1.82, 2.24) is 24.6 Å². The van der Waals surface area contributed by atoms with Crippen molar-refractivity contribution in [3.63, 3.8) is 0 Å². The van der Waals surface area contributed by atoms with Crippen LogP contribution in [-0.4, -0.2) is 63.3 Å². The van der Waals surface area contributed by atoms with E-state index in [1.165, 1.54) is 12.3 Å². The molecule has 1 aliphatic heterocycles. The topological polar surface area (TPSA) is 76.0 Å². The Morgan fingerprint density at radius 2 is 2.11 bits per heavy atom. The van der Waals surface area contributed by atoms with Crippen LogP contribution in [0.2, 0.25) is 0 Å². The van der Waals surface area contributed by atoms with Crippen LogP contribution < -0.4 is 0 Å². The highest BCUT2D eigenvalue weighted by Gasteiger charge is 2.17. The molecule has 8 heteroatoms. The molecule has 1 aliphatic rings. The molecule has 1 fully saturated rings. The molecule has 0 aliphatic carbocycles. The van der Waals surface area contributed by atoms with Gasteiger partial charge in [0.2, 0.25) is 0 Å². The van der Waals surface area contributed by atoms with Crippen molar-refractivity contribution in [1.29, 1.82) is 0 Å². The molecule has 142 valence electrons. The minimum Gasteiger partial charge on any atom is -0.379 e. The summed E-state index contributed by atoms with van der Waals surface area (Å²) in [5.41, 5.74) is 2.58. The Kier molecular flexibility index (Phi) is 5.00. The van der Waals surface area contributed by atoms with Crippen LogP contribution in [0.4, 0.5) is 4.39 Å². The summed E-state index contributed by atoms with van der Waals surface area (Å²) in [6.07, 6.45) is 2.45. The lowest BCUT2D eigenvalue weighted by atomic mass is 10.1. The first-order valence-corrected chi connectivity index (χ1v) is 9.12. The number of pyridine rings is 1. The molecular weight excluding hydrogens is 349 g/mol. The zero-order valence-corrected chi connectivity index (χ0v) is 15.2. The highest BCUT2D eigenvalue weighted by atomic mass is 19.1. The highest BCUT2D eigenvalue weighted by Crippen LogP contribution is 2.24. The van der Waals surface area contributed by atoms with Gasteiger partial charge in [-0.15, -0.1) is 0 Å². The van der Waals surface area contributed by atoms with Crippen LogP contribution >= 0.6 is 0 Å². The number of halogens is 1. The first-order valence-electron chi connectivity index (χ1n) is 9.12. The Morgan fingerprint density at radius 3 is 2.93 bits per heavy atom. The van der Waals surface area contributed by atoms with Crippen LogP contribution in [0.5, 0.6) is 0 Å². The standard InChI is InChI=1S/C19H22FN5O2/c1-24-17(15-10-13-9-14(20)12-21-19(13)22-15)11-16(23-24)18(26)3-2-4-25-5-7-27-8-6-25/h9-12H,2-8H2,1H3,(H,21,22). The fourth-order valence-corrected chi connectivity index (χ4v) is 3.40. The zero-order chi connectivity index (χ0) is 18.8. The van der Waals surface area contributed by atoms with Crippen LogP contribution in [0.1, 0.15) is 23.3 Å². The normalized spacial score (nSPS) is 15.5. The molecule has 0 radical (unpaired) electrons.